The molecule has 1 atom stereocenters. The maximum Gasteiger partial charge on any atom is 0.221 e. The Balaban J connectivity index is 1.47. The largest absolute Gasteiger partial charge is 0.378 e. The number of hydrogen-bond acceptors (Lipinski definition) is 5. The van der Waals surface area contributed by atoms with Crippen LogP contribution in [0.5, 0.6) is 0 Å². The van der Waals surface area contributed by atoms with Crippen LogP contribution in [0.2, 0.25) is 0 Å². The van der Waals surface area contributed by atoms with Crippen LogP contribution in [-0.4, -0.2) is 46.5 Å². The minimum Gasteiger partial charge on any atom is -0.378 e. The van der Waals surface area contributed by atoms with Crippen LogP contribution in [0.15, 0.2) is 36.9 Å². The maximum absolute atomic E-state index is 11.9. The number of benzene rings is 1. The first-order valence-electron chi connectivity index (χ1n) is 7.33. The van der Waals surface area contributed by atoms with Gasteiger partial charge in [0.15, 0.2) is 0 Å². The highest BCUT2D eigenvalue weighted by Gasteiger charge is 2.16. The first-order chi connectivity index (χ1) is 10.8. The molecule has 1 amide bonds. The molecular weight excluding hydrogens is 282 g/mol. The normalized spacial score (nSPS) is 18.1. The number of aromatic nitrogens is 3. The second kappa shape index (κ2) is 7.15. The molecule has 0 radical (unpaired) electrons. The zero-order valence-electron chi connectivity index (χ0n) is 12.2. The molecule has 1 unspecified atom stereocenters. The van der Waals surface area contributed by atoms with E-state index in [1.165, 1.54) is 6.33 Å². The quantitative estimate of drug-likeness (QED) is 0.828. The third-order valence-corrected chi connectivity index (χ3v) is 3.54. The molecule has 7 heteroatoms. The second-order valence-electron chi connectivity index (χ2n) is 5.21. The van der Waals surface area contributed by atoms with Gasteiger partial charge in [-0.2, -0.15) is 5.10 Å². The molecule has 0 saturated carbocycles. The Morgan fingerprint density at radius 2 is 2.27 bits per heavy atom. The Morgan fingerprint density at radius 1 is 1.41 bits per heavy atom. The average Bonchev–Trinajstić information content (AvgIpc) is 3.09. The summed E-state index contributed by atoms with van der Waals surface area (Å²) in [6.45, 7) is 2.64. The van der Waals surface area contributed by atoms with E-state index in [-0.39, 0.29) is 11.9 Å². The molecule has 2 aromatic rings. The summed E-state index contributed by atoms with van der Waals surface area (Å²) < 4.78 is 7.03. The van der Waals surface area contributed by atoms with E-state index in [0.29, 0.717) is 19.6 Å². The molecule has 116 valence electrons. The molecule has 1 aromatic heterocycles. The van der Waals surface area contributed by atoms with Crippen LogP contribution >= 0.6 is 0 Å². The van der Waals surface area contributed by atoms with Crippen molar-refractivity contribution in [2.45, 2.75) is 19.0 Å². The van der Waals surface area contributed by atoms with Crippen LogP contribution in [0.4, 0.5) is 0 Å². The monoisotopic (exact) mass is 301 g/mol. The summed E-state index contributed by atoms with van der Waals surface area (Å²) >= 11 is 0. The van der Waals surface area contributed by atoms with Crippen molar-refractivity contribution in [1.82, 2.24) is 25.4 Å². The summed E-state index contributed by atoms with van der Waals surface area (Å²) in [5.74, 6) is 0.0309. The maximum atomic E-state index is 11.9. The van der Waals surface area contributed by atoms with Gasteiger partial charge in [0.25, 0.3) is 0 Å². The van der Waals surface area contributed by atoms with E-state index in [1.54, 1.807) is 11.0 Å². The molecule has 22 heavy (non-hydrogen) atoms. The lowest BCUT2D eigenvalue weighted by atomic mass is 10.1. The number of ether oxygens (including phenoxy) is 1. The van der Waals surface area contributed by atoms with Crippen LogP contribution in [0.25, 0.3) is 5.69 Å². The molecule has 1 aromatic carbocycles. The van der Waals surface area contributed by atoms with Crippen LogP contribution in [0, 0.1) is 0 Å². The molecule has 1 aliphatic rings. The van der Waals surface area contributed by atoms with Crippen LogP contribution in [0.1, 0.15) is 12.0 Å². The third-order valence-electron chi connectivity index (χ3n) is 3.54. The number of hydrogen-bond donors (Lipinski definition) is 2. The van der Waals surface area contributed by atoms with Gasteiger partial charge in [0.05, 0.1) is 18.9 Å². The van der Waals surface area contributed by atoms with Crippen LogP contribution in [0.3, 0.4) is 0 Å². The highest BCUT2D eigenvalue weighted by Crippen LogP contribution is 2.08. The molecule has 1 fully saturated rings. The van der Waals surface area contributed by atoms with Crippen molar-refractivity contribution >= 4 is 5.91 Å². The standard InChI is InChI=1S/C15H19N5O2/c21-15(7-13-9-22-6-5-17-13)18-8-12-1-3-14(4-2-12)20-11-16-10-19-20/h1-4,10-11,13,17H,5-9H2,(H,18,21). The first kappa shape index (κ1) is 14.7. The lowest BCUT2D eigenvalue weighted by molar-refractivity contribution is -0.122. The Kier molecular flexibility index (Phi) is 4.77. The topological polar surface area (TPSA) is 81.1 Å². The van der Waals surface area contributed by atoms with Crippen molar-refractivity contribution in [2.75, 3.05) is 19.8 Å². The SMILES string of the molecule is O=C(CC1COCCN1)NCc1ccc(-n2cncn2)cc1. The molecule has 0 aliphatic carbocycles. The minimum absolute atomic E-state index is 0.0309. The molecule has 1 aliphatic heterocycles. The average molecular weight is 301 g/mol. The minimum atomic E-state index is 0.0309. The van der Waals surface area contributed by atoms with E-state index >= 15 is 0 Å². The van der Waals surface area contributed by atoms with Crippen molar-refractivity contribution in [2.24, 2.45) is 0 Å². The van der Waals surface area contributed by atoms with Crippen molar-refractivity contribution in [3.8, 4) is 5.69 Å². The summed E-state index contributed by atoms with van der Waals surface area (Å²) in [6, 6.07) is 7.96. The van der Waals surface area contributed by atoms with Gasteiger partial charge in [-0.15, -0.1) is 0 Å². The van der Waals surface area contributed by atoms with E-state index in [4.69, 9.17) is 4.74 Å². The smallest absolute Gasteiger partial charge is 0.221 e. The number of morpholine rings is 1. The first-order valence-corrected chi connectivity index (χ1v) is 7.33. The van der Waals surface area contributed by atoms with Crippen molar-refractivity contribution < 1.29 is 9.53 Å². The van der Waals surface area contributed by atoms with Gasteiger partial charge in [0.1, 0.15) is 12.7 Å². The van der Waals surface area contributed by atoms with E-state index in [0.717, 1.165) is 24.4 Å². The molecule has 0 bridgehead atoms. The van der Waals surface area contributed by atoms with Gasteiger partial charge in [-0.25, -0.2) is 9.67 Å². The fourth-order valence-electron chi connectivity index (χ4n) is 2.36. The van der Waals surface area contributed by atoms with Crippen molar-refractivity contribution in [3.05, 3.63) is 42.5 Å². The highest BCUT2D eigenvalue weighted by atomic mass is 16.5. The van der Waals surface area contributed by atoms with Crippen molar-refractivity contribution in [3.63, 3.8) is 0 Å². The Labute approximate surface area is 128 Å². The van der Waals surface area contributed by atoms with Crippen LogP contribution < -0.4 is 10.6 Å². The molecule has 0 spiro atoms. The third kappa shape index (κ3) is 3.90. The summed E-state index contributed by atoms with van der Waals surface area (Å²) in [6.07, 6.45) is 3.59. The van der Waals surface area contributed by atoms with Gasteiger partial charge in [-0.1, -0.05) is 12.1 Å². The van der Waals surface area contributed by atoms with Gasteiger partial charge < -0.3 is 15.4 Å². The number of rotatable bonds is 5. The molecule has 1 saturated heterocycles. The molecule has 3 rings (SSSR count). The predicted octanol–water partition coefficient (Wildman–Crippen LogP) is 0.262. The van der Waals surface area contributed by atoms with Gasteiger partial charge in [0, 0.05) is 25.6 Å². The fourth-order valence-corrected chi connectivity index (χ4v) is 2.36. The van der Waals surface area contributed by atoms with Crippen LogP contribution in [-0.2, 0) is 16.1 Å². The molecule has 2 heterocycles. The lowest BCUT2D eigenvalue weighted by Gasteiger charge is -2.23. The Bertz CT molecular complexity index is 591. The van der Waals surface area contributed by atoms with Gasteiger partial charge in [-0.05, 0) is 17.7 Å². The molecule has 2 N–H and O–H groups in total. The number of amides is 1. The fraction of sp³-hybridized carbons (Fsp3) is 0.400. The lowest BCUT2D eigenvalue weighted by Crippen LogP contribution is -2.44. The summed E-state index contributed by atoms with van der Waals surface area (Å²) in [5, 5.41) is 10.3. The zero-order chi connectivity index (χ0) is 15.2. The van der Waals surface area contributed by atoms with E-state index in [1.807, 2.05) is 24.3 Å². The summed E-state index contributed by atoms with van der Waals surface area (Å²) in [7, 11) is 0. The number of carbonyl (C=O) groups is 1. The van der Waals surface area contributed by atoms with E-state index in [9.17, 15) is 4.79 Å². The Hall–Kier alpha value is -2.25. The van der Waals surface area contributed by atoms with Crippen molar-refractivity contribution in [1.29, 1.82) is 0 Å². The van der Waals surface area contributed by atoms with E-state index in [2.05, 4.69) is 20.7 Å². The van der Waals surface area contributed by atoms with Gasteiger partial charge in [-0.3, -0.25) is 4.79 Å². The number of nitrogens with one attached hydrogen (secondary N) is 2. The predicted molar refractivity (Wildman–Crippen MR) is 80.4 cm³/mol. The highest BCUT2D eigenvalue weighted by molar-refractivity contribution is 5.76. The second-order valence-corrected chi connectivity index (χ2v) is 5.21. The number of nitrogens with zero attached hydrogens (tertiary/aromatic N) is 3. The van der Waals surface area contributed by atoms with Gasteiger partial charge >= 0.3 is 0 Å². The summed E-state index contributed by atoms with van der Waals surface area (Å²) in [5.41, 5.74) is 1.99. The van der Waals surface area contributed by atoms with E-state index < -0.39 is 0 Å². The molecule has 7 nitrogen and oxygen atoms in total. The summed E-state index contributed by atoms with van der Waals surface area (Å²) in [4.78, 5) is 15.8. The zero-order valence-corrected chi connectivity index (χ0v) is 12.2. The van der Waals surface area contributed by atoms with Gasteiger partial charge in [0.2, 0.25) is 5.91 Å². The number of carbonyl (C=O) groups excluding carboxylic acids is 1. The Morgan fingerprint density at radius 3 is 2.95 bits per heavy atom. The molecular formula is C15H19N5O2.